The van der Waals surface area contributed by atoms with Crippen LogP contribution in [-0.4, -0.2) is 47.3 Å². The molecule has 4 heteroatoms. The zero-order valence-electron chi connectivity index (χ0n) is 6.03. The molecule has 2 N–H and O–H groups in total. The number of aliphatic hydroxyl groups excluding tert-OH is 2. The average molecular weight is 147 g/mol. The molecule has 60 valence electrons. The zero-order valence-corrected chi connectivity index (χ0v) is 6.03. The van der Waals surface area contributed by atoms with E-state index in [0.717, 1.165) is 0 Å². The second-order valence-electron chi connectivity index (χ2n) is 2.03. The van der Waals surface area contributed by atoms with Crippen molar-refractivity contribution < 1.29 is 15.0 Å². The van der Waals surface area contributed by atoms with Gasteiger partial charge in [0.15, 0.2) is 0 Å². The molecule has 0 saturated carbocycles. The molecule has 0 fully saturated rings. The van der Waals surface area contributed by atoms with Crippen LogP contribution in [0, 0.1) is 0 Å². The number of likely N-dealkylation sites (N-methyl/N-ethyl adjacent to an activating group) is 1. The smallest absolute Gasteiger partial charge is 0.209 e. The minimum atomic E-state index is -0.815. The summed E-state index contributed by atoms with van der Waals surface area (Å²) in [5.41, 5.74) is 0. The van der Waals surface area contributed by atoms with Crippen LogP contribution >= 0.6 is 0 Å². The zero-order chi connectivity index (χ0) is 7.98. The van der Waals surface area contributed by atoms with Gasteiger partial charge in [0, 0.05) is 13.1 Å². The third-order valence-electron chi connectivity index (χ3n) is 1.21. The summed E-state index contributed by atoms with van der Waals surface area (Å²) in [7, 11) is 0. The lowest BCUT2D eigenvalue weighted by Gasteiger charge is -2.17. The number of carbonyl (C=O) groups is 1. The van der Waals surface area contributed by atoms with E-state index in [0.29, 0.717) is 13.0 Å². The topological polar surface area (TPSA) is 60.8 Å². The summed E-state index contributed by atoms with van der Waals surface area (Å²) in [6, 6.07) is 0. The molecule has 0 aliphatic carbocycles. The first-order valence-corrected chi connectivity index (χ1v) is 3.22. The predicted molar refractivity (Wildman–Crippen MR) is 36.4 cm³/mol. The number of hydrogen-bond acceptors (Lipinski definition) is 3. The second kappa shape index (κ2) is 5.20. The van der Waals surface area contributed by atoms with Crippen LogP contribution in [0.5, 0.6) is 0 Å². The Morgan fingerprint density at radius 3 is 2.60 bits per heavy atom. The van der Waals surface area contributed by atoms with Crippen molar-refractivity contribution in [1.29, 1.82) is 0 Å². The summed E-state index contributed by atoms with van der Waals surface area (Å²) < 4.78 is 0. The molecule has 0 aliphatic heterocycles. The monoisotopic (exact) mass is 147 g/mol. The Kier molecular flexibility index (Phi) is 4.88. The van der Waals surface area contributed by atoms with Gasteiger partial charge < -0.3 is 15.1 Å². The number of nitrogens with zero attached hydrogens (tertiary/aromatic N) is 1. The van der Waals surface area contributed by atoms with Crippen LogP contribution in [0.3, 0.4) is 0 Å². The van der Waals surface area contributed by atoms with E-state index in [1.54, 1.807) is 6.92 Å². The number of aliphatic hydroxyl groups is 2. The van der Waals surface area contributed by atoms with E-state index in [2.05, 4.69) is 0 Å². The van der Waals surface area contributed by atoms with Crippen molar-refractivity contribution in [1.82, 2.24) is 4.90 Å². The maximum Gasteiger partial charge on any atom is 0.209 e. The average Bonchev–Trinajstić information content (AvgIpc) is 1.99. The van der Waals surface area contributed by atoms with E-state index >= 15 is 0 Å². The summed E-state index contributed by atoms with van der Waals surface area (Å²) in [6.07, 6.45) is -0.163. The Labute approximate surface area is 60.1 Å². The first-order chi connectivity index (χ1) is 4.74. The fraction of sp³-hybridized carbons (Fsp3) is 0.833. The summed E-state index contributed by atoms with van der Waals surface area (Å²) >= 11 is 0. The molecule has 0 aromatic carbocycles. The lowest BCUT2D eigenvalue weighted by molar-refractivity contribution is -0.119. The minimum absolute atomic E-state index is 0.205. The molecule has 0 aliphatic rings. The Hall–Kier alpha value is -0.610. The van der Waals surface area contributed by atoms with Crippen molar-refractivity contribution in [3.63, 3.8) is 0 Å². The van der Waals surface area contributed by atoms with Crippen LogP contribution in [0.25, 0.3) is 0 Å². The highest BCUT2D eigenvalue weighted by Crippen LogP contribution is 1.86. The predicted octanol–water partition coefficient (Wildman–Crippen LogP) is -1.18. The molecule has 1 atom stereocenters. The lowest BCUT2D eigenvalue weighted by Crippen LogP contribution is -2.33. The van der Waals surface area contributed by atoms with Crippen LogP contribution in [0.1, 0.15) is 6.92 Å². The fourth-order valence-corrected chi connectivity index (χ4v) is 0.575. The molecule has 1 unspecified atom stereocenters. The van der Waals surface area contributed by atoms with E-state index in [1.807, 2.05) is 0 Å². The molecule has 1 amide bonds. The van der Waals surface area contributed by atoms with Crippen LogP contribution in [0.2, 0.25) is 0 Å². The Bertz CT molecular complexity index is 97.0. The van der Waals surface area contributed by atoms with Crippen molar-refractivity contribution >= 4 is 6.41 Å². The first kappa shape index (κ1) is 9.39. The third-order valence-corrected chi connectivity index (χ3v) is 1.21. The van der Waals surface area contributed by atoms with E-state index in [9.17, 15) is 4.79 Å². The van der Waals surface area contributed by atoms with Gasteiger partial charge in [-0.15, -0.1) is 0 Å². The molecule has 0 bridgehead atoms. The fourth-order valence-electron chi connectivity index (χ4n) is 0.575. The van der Waals surface area contributed by atoms with Gasteiger partial charge in [0.05, 0.1) is 12.7 Å². The van der Waals surface area contributed by atoms with Gasteiger partial charge in [0.2, 0.25) is 6.41 Å². The van der Waals surface area contributed by atoms with Crippen molar-refractivity contribution in [3.05, 3.63) is 0 Å². The molecular formula is C6H13NO3. The Morgan fingerprint density at radius 1 is 1.70 bits per heavy atom. The van der Waals surface area contributed by atoms with E-state index in [4.69, 9.17) is 10.2 Å². The minimum Gasteiger partial charge on any atom is -0.394 e. The molecule has 4 nitrogen and oxygen atoms in total. The number of rotatable bonds is 5. The molecule has 0 rings (SSSR count). The lowest BCUT2D eigenvalue weighted by atomic mass is 10.3. The highest BCUT2D eigenvalue weighted by Gasteiger charge is 2.05. The van der Waals surface area contributed by atoms with Gasteiger partial charge >= 0.3 is 0 Å². The van der Waals surface area contributed by atoms with Gasteiger partial charge in [-0.1, -0.05) is 0 Å². The van der Waals surface area contributed by atoms with Crippen molar-refractivity contribution in [2.24, 2.45) is 0 Å². The van der Waals surface area contributed by atoms with Crippen LogP contribution < -0.4 is 0 Å². The number of hydrogen-bond donors (Lipinski definition) is 2. The first-order valence-electron chi connectivity index (χ1n) is 3.22. The Balaban J connectivity index is 3.51. The number of carbonyl (C=O) groups excluding carboxylic acids is 1. The summed E-state index contributed by atoms with van der Waals surface area (Å²) in [5.74, 6) is 0. The summed E-state index contributed by atoms with van der Waals surface area (Å²) in [6.45, 7) is 2.26. The van der Waals surface area contributed by atoms with Crippen molar-refractivity contribution in [2.45, 2.75) is 13.0 Å². The SMILES string of the molecule is CCN(C=O)CC(O)CO. The van der Waals surface area contributed by atoms with Crippen LogP contribution in [0.4, 0.5) is 0 Å². The van der Waals surface area contributed by atoms with E-state index < -0.39 is 6.10 Å². The number of amides is 1. The maximum absolute atomic E-state index is 10.1. The van der Waals surface area contributed by atoms with Crippen molar-refractivity contribution in [2.75, 3.05) is 19.7 Å². The van der Waals surface area contributed by atoms with Gasteiger partial charge in [-0.2, -0.15) is 0 Å². The van der Waals surface area contributed by atoms with Gasteiger partial charge in [-0.25, -0.2) is 0 Å². The molecule has 0 aromatic heterocycles. The van der Waals surface area contributed by atoms with Gasteiger partial charge in [-0.05, 0) is 6.92 Å². The summed E-state index contributed by atoms with van der Waals surface area (Å²) in [4.78, 5) is 11.5. The third kappa shape index (κ3) is 3.42. The molecule has 0 aromatic rings. The quantitative estimate of drug-likeness (QED) is 0.481. The summed E-state index contributed by atoms with van der Waals surface area (Å²) in [5, 5.41) is 17.2. The standard InChI is InChI=1S/C6H13NO3/c1-2-7(5-9)3-6(10)4-8/h5-6,8,10H,2-4H2,1H3. The second-order valence-corrected chi connectivity index (χ2v) is 2.03. The van der Waals surface area contributed by atoms with E-state index in [-0.39, 0.29) is 13.2 Å². The molecular weight excluding hydrogens is 134 g/mol. The van der Waals surface area contributed by atoms with Gasteiger partial charge in [-0.3, -0.25) is 4.79 Å². The largest absolute Gasteiger partial charge is 0.394 e. The molecule has 0 radical (unpaired) electrons. The van der Waals surface area contributed by atoms with Crippen LogP contribution in [0.15, 0.2) is 0 Å². The van der Waals surface area contributed by atoms with E-state index in [1.165, 1.54) is 4.90 Å². The van der Waals surface area contributed by atoms with Crippen molar-refractivity contribution in [3.8, 4) is 0 Å². The van der Waals surface area contributed by atoms with Gasteiger partial charge in [0.25, 0.3) is 0 Å². The maximum atomic E-state index is 10.1. The van der Waals surface area contributed by atoms with Gasteiger partial charge in [0.1, 0.15) is 0 Å². The highest BCUT2D eigenvalue weighted by molar-refractivity contribution is 5.46. The normalized spacial score (nSPS) is 12.7. The molecule has 0 saturated heterocycles. The highest BCUT2D eigenvalue weighted by atomic mass is 16.3. The molecule has 0 spiro atoms. The molecule has 0 heterocycles. The Morgan fingerprint density at radius 2 is 2.30 bits per heavy atom. The molecule has 10 heavy (non-hydrogen) atoms. The van der Waals surface area contributed by atoms with Crippen LogP contribution in [-0.2, 0) is 4.79 Å².